The van der Waals surface area contributed by atoms with Crippen LogP contribution < -0.4 is 10.6 Å². The molecule has 2 rings (SSSR count). The van der Waals surface area contributed by atoms with Gasteiger partial charge in [-0.25, -0.2) is 4.79 Å². The summed E-state index contributed by atoms with van der Waals surface area (Å²) in [6, 6.07) is 3.57. The molecule has 6 heteroatoms. The molecular formula is C13H21N3O3. The summed E-state index contributed by atoms with van der Waals surface area (Å²) < 4.78 is 10.4. The summed E-state index contributed by atoms with van der Waals surface area (Å²) in [5, 5.41) is 5.68. The lowest BCUT2D eigenvalue weighted by atomic mass is 10.3. The number of morpholine rings is 1. The third-order valence-corrected chi connectivity index (χ3v) is 3.02. The van der Waals surface area contributed by atoms with Gasteiger partial charge in [0, 0.05) is 25.7 Å². The van der Waals surface area contributed by atoms with Crippen molar-refractivity contribution in [2.24, 2.45) is 0 Å². The van der Waals surface area contributed by atoms with Crippen LogP contribution in [-0.2, 0) is 11.3 Å². The zero-order valence-electron chi connectivity index (χ0n) is 11.2. The third-order valence-electron chi connectivity index (χ3n) is 3.02. The molecule has 0 aromatic carbocycles. The van der Waals surface area contributed by atoms with Crippen molar-refractivity contribution in [2.45, 2.75) is 19.5 Å². The normalized spacial score (nSPS) is 17.9. The quantitative estimate of drug-likeness (QED) is 0.828. The molecule has 0 unspecified atom stereocenters. The van der Waals surface area contributed by atoms with Gasteiger partial charge < -0.3 is 19.8 Å². The summed E-state index contributed by atoms with van der Waals surface area (Å²) in [7, 11) is 0. The van der Waals surface area contributed by atoms with E-state index in [1.807, 2.05) is 13.0 Å². The van der Waals surface area contributed by atoms with Crippen LogP contribution in [0.4, 0.5) is 4.79 Å². The van der Waals surface area contributed by atoms with Gasteiger partial charge in [0.15, 0.2) is 0 Å². The smallest absolute Gasteiger partial charge is 0.315 e. The second kappa shape index (κ2) is 7.16. The van der Waals surface area contributed by atoms with Crippen LogP contribution in [0.5, 0.6) is 0 Å². The summed E-state index contributed by atoms with van der Waals surface area (Å²) in [6.45, 7) is 6.66. The Balaban J connectivity index is 1.63. The van der Waals surface area contributed by atoms with Crippen LogP contribution in [0.15, 0.2) is 22.8 Å². The molecule has 1 saturated heterocycles. The highest BCUT2D eigenvalue weighted by atomic mass is 16.5. The fourth-order valence-electron chi connectivity index (χ4n) is 2.07. The molecule has 0 spiro atoms. The second-order valence-corrected chi connectivity index (χ2v) is 4.72. The van der Waals surface area contributed by atoms with Gasteiger partial charge in [0.2, 0.25) is 0 Å². The average molecular weight is 267 g/mol. The highest BCUT2D eigenvalue weighted by Crippen LogP contribution is 2.00. The highest BCUT2D eigenvalue weighted by molar-refractivity contribution is 5.74. The lowest BCUT2D eigenvalue weighted by molar-refractivity contribution is 0.0349. The summed E-state index contributed by atoms with van der Waals surface area (Å²) in [5.74, 6) is 0.746. The molecule has 1 aliphatic heterocycles. The first-order chi connectivity index (χ1) is 9.24. The van der Waals surface area contributed by atoms with E-state index in [0.717, 1.165) is 38.6 Å². The number of urea groups is 1. The van der Waals surface area contributed by atoms with Crippen molar-refractivity contribution < 1.29 is 13.9 Å². The van der Waals surface area contributed by atoms with Crippen molar-refractivity contribution >= 4 is 6.03 Å². The number of carbonyl (C=O) groups excluding carboxylic acids is 1. The largest absolute Gasteiger partial charge is 0.467 e. The zero-order valence-corrected chi connectivity index (χ0v) is 11.2. The van der Waals surface area contributed by atoms with Gasteiger partial charge in [0.05, 0.1) is 26.0 Å². The van der Waals surface area contributed by atoms with Gasteiger partial charge >= 0.3 is 6.03 Å². The van der Waals surface area contributed by atoms with E-state index in [-0.39, 0.29) is 12.1 Å². The fraction of sp³-hybridized carbons (Fsp3) is 0.615. The predicted molar refractivity (Wildman–Crippen MR) is 70.8 cm³/mol. The maximum absolute atomic E-state index is 11.7. The molecule has 1 aromatic rings. The first kappa shape index (κ1) is 13.9. The average Bonchev–Trinajstić information content (AvgIpc) is 2.90. The number of ether oxygens (including phenoxy) is 1. The first-order valence-corrected chi connectivity index (χ1v) is 6.61. The summed E-state index contributed by atoms with van der Waals surface area (Å²) in [5.41, 5.74) is 0. The monoisotopic (exact) mass is 267 g/mol. The number of amides is 2. The molecule has 0 radical (unpaired) electrons. The van der Waals surface area contributed by atoms with Crippen LogP contribution in [-0.4, -0.2) is 49.8 Å². The van der Waals surface area contributed by atoms with Crippen LogP contribution in [0.2, 0.25) is 0 Å². The molecule has 1 atom stereocenters. The molecule has 1 fully saturated rings. The molecule has 1 aromatic heterocycles. The van der Waals surface area contributed by atoms with E-state index >= 15 is 0 Å². The van der Waals surface area contributed by atoms with Gasteiger partial charge in [-0.1, -0.05) is 0 Å². The molecule has 6 nitrogen and oxygen atoms in total. The Hall–Kier alpha value is -1.53. The number of nitrogens with zero attached hydrogens (tertiary/aromatic N) is 1. The van der Waals surface area contributed by atoms with E-state index in [9.17, 15) is 4.79 Å². The van der Waals surface area contributed by atoms with Crippen LogP contribution in [0.25, 0.3) is 0 Å². The van der Waals surface area contributed by atoms with Crippen LogP contribution in [0.1, 0.15) is 12.7 Å². The first-order valence-electron chi connectivity index (χ1n) is 6.61. The van der Waals surface area contributed by atoms with E-state index in [1.54, 1.807) is 12.3 Å². The Labute approximate surface area is 113 Å². The van der Waals surface area contributed by atoms with Crippen LogP contribution >= 0.6 is 0 Å². The SMILES string of the molecule is C[C@@H](CN1CCOCC1)NC(=O)NCc1ccco1. The number of nitrogens with one attached hydrogen (secondary N) is 2. The second-order valence-electron chi connectivity index (χ2n) is 4.72. The van der Waals surface area contributed by atoms with E-state index in [2.05, 4.69) is 15.5 Å². The van der Waals surface area contributed by atoms with Gasteiger partial charge in [-0.2, -0.15) is 0 Å². The Kier molecular flexibility index (Phi) is 5.23. The third kappa shape index (κ3) is 4.92. The van der Waals surface area contributed by atoms with Gasteiger partial charge in [-0.3, -0.25) is 4.90 Å². The van der Waals surface area contributed by atoms with E-state index in [4.69, 9.17) is 9.15 Å². The Bertz CT molecular complexity index is 374. The number of rotatable bonds is 5. The number of carbonyl (C=O) groups is 1. The molecule has 106 valence electrons. The standard InChI is InChI=1S/C13H21N3O3/c1-11(10-16-4-7-18-8-5-16)15-13(17)14-9-12-3-2-6-19-12/h2-3,6,11H,4-5,7-10H2,1H3,(H2,14,15,17)/t11-/m0/s1. The summed E-state index contributed by atoms with van der Waals surface area (Å²) in [6.07, 6.45) is 1.59. The lowest BCUT2D eigenvalue weighted by Crippen LogP contribution is -2.48. The van der Waals surface area contributed by atoms with Gasteiger partial charge in [-0.05, 0) is 19.1 Å². The molecule has 0 bridgehead atoms. The highest BCUT2D eigenvalue weighted by Gasteiger charge is 2.15. The minimum Gasteiger partial charge on any atom is -0.467 e. The van der Waals surface area contributed by atoms with Crippen LogP contribution in [0, 0.1) is 0 Å². The van der Waals surface area contributed by atoms with E-state index in [0.29, 0.717) is 6.54 Å². The number of furan rings is 1. The van der Waals surface area contributed by atoms with Crippen molar-refractivity contribution in [3.05, 3.63) is 24.2 Å². The predicted octanol–water partition coefficient (Wildman–Crippen LogP) is 0.800. The maximum Gasteiger partial charge on any atom is 0.315 e. The molecule has 0 aliphatic carbocycles. The van der Waals surface area contributed by atoms with Crippen LogP contribution in [0.3, 0.4) is 0 Å². The maximum atomic E-state index is 11.7. The van der Waals surface area contributed by atoms with Crippen molar-refractivity contribution in [3.8, 4) is 0 Å². The van der Waals surface area contributed by atoms with Crippen molar-refractivity contribution in [1.29, 1.82) is 0 Å². The summed E-state index contributed by atoms with van der Waals surface area (Å²) in [4.78, 5) is 14.0. The molecule has 19 heavy (non-hydrogen) atoms. The molecule has 0 saturated carbocycles. The number of hydrogen-bond acceptors (Lipinski definition) is 4. The molecular weight excluding hydrogens is 246 g/mol. The minimum atomic E-state index is -0.169. The molecule has 1 aliphatic rings. The minimum absolute atomic E-state index is 0.106. The lowest BCUT2D eigenvalue weighted by Gasteiger charge is -2.29. The van der Waals surface area contributed by atoms with Gasteiger partial charge in [0.1, 0.15) is 5.76 Å². The topological polar surface area (TPSA) is 66.7 Å². The van der Waals surface area contributed by atoms with Gasteiger partial charge in [-0.15, -0.1) is 0 Å². The Morgan fingerprint density at radius 3 is 2.95 bits per heavy atom. The number of hydrogen-bond donors (Lipinski definition) is 2. The van der Waals surface area contributed by atoms with Crippen molar-refractivity contribution in [2.75, 3.05) is 32.8 Å². The van der Waals surface area contributed by atoms with Crippen molar-refractivity contribution in [3.63, 3.8) is 0 Å². The molecule has 2 N–H and O–H groups in total. The zero-order chi connectivity index (χ0) is 13.5. The fourth-order valence-corrected chi connectivity index (χ4v) is 2.07. The Morgan fingerprint density at radius 1 is 1.47 bits per heavy atom. The molecule has 2 amide bonds. The van der Waals surface area contributed by atoms with E-state index < -0.39 is 0 Å². The molecule has 2 heterocycles. The summed E-state index contributed by atoms with van der Waals surface area (Å²) >= 11 is 0. The van der Waals surface area contributed by atoms with Gasteiger partial charge in [0.25, 0.3) is 0 Å². The Morgan fingerprint density at radius 2 is 2.26 bits per heavy atom. The van der Waals surface area contributed by atoms with E-state index in [1.165, 1.54) is 0 Å². The van der Waals surface area contributed by atoms with Crippen molar-refractivity contribution in [1.82, 2.24) is 15.5 Å².